The van der Waals surface area contributed by atoms with E-state index in [4.69, 9.17) is 0 Å². The number of anilines is 3. The van der Waals surface area contributed by atoms with Gasteiger partial charge in [0.15, 0.2) is 5.69 Å². The van der Waals surface area contributed by atoms with Gasteiger partial charge in [-0.15, -0.1) is 0 Å². The van der Waals surface area contributed by atoms with E-state index >= 15 is 0 Å². The Kier molecular flexibility index (Phi) is 4.02. The van der Waals surface area contributed by atoms with Gasteiger partial charge in [-0.2, -0.15) is 18.2 Å². The first-order valence-corrected chi connectivity index (χ1v) is 6.26. The maximum absolute atomic E-state index is 12.9. The highest BCUT2D eigenvalue weighted by Crippen LogP contribution is 2.32. The average molecular weight is 296 g/mol. The van der Waals surface area contributed by atoms with Crippen LogP contribution in [0.2, 0.25) is 0 Å². The lowest BCUT2D eigenvalue weighted by atomic mass is 10.2. The molecule has 4 nitrogen and oxygen atoms in total. The first-order valence-electron chi connectivity index (χ1n) is 6.26. The minimum absolute atomic E-state index is 0.0692. The summed E-state index contributed by atoms with van der Waals surface area (Å²) >= 11 is 0. The number of alkyl halides is 3. The molecule has 0 aliphatic heterocycles. The Morgan fingerprint density at radius 2 is 1.81 bits per heavy atom. The molecule has 1 N–H and O–H groups in total. The molecule has 0 aliphatic carbocycles. The standard InChI is InChI=1S/C14H15F3N4/c1-9-6-4-5-7-10(9)21(3)12-8-11(14(15,16)17)19-13(18-2)20-12/h4-8H,1-3H3,(H,18,19,20). The second-order valence-electron chi connectivity index (χ2n) is 4.53. The van der Waals surface area contributed by atoms with Gasteiger partial charge in [-0.25, -0.2) is 4.98 Å². The third kappa shape index (κ3) is 3.24. The lowest BCUT2D eigenvalue weighted by molar-refractivity contribution is -0.141. The highest BCUT2D eigenvalue weighted by Gasteiger charge is 2.34. The Labute approximate surface area is 120 Å². The molecule has 0 saturated carbocycles. The number of rotatable bonds is 3. The molecule has 0 aliphatic rings. The van der Waals surface area contributed by atoms with Crippen molar-refractivity contribution in [1.29, 1.82) is 0 Å². The first kappa shape index (κ1) is 15.1. The monoisotopic (exact) mass is 296 g/mol. The summed E-state index contributed by atoms with van der Waals surface area (Å²) in [4.78, 5) is 9.14. The minimum atomic E-state index is -4.52. The fourth-order valence-corrected chi connectivity index (χ4v) is 1.93. The lowest BCUT2D eigenvalue weighted by Crippen LogP contribution is -2.17. The largest absolute Gasteiger partial charge is 0.433 e. The molecule has 0 unspecified atom stereocenters. The van der Waals surface area contributed by atoms with Gasteiger partial charge in [-0.1, -0.05) is 18.2 Å². The summed E-state index contributed by atoms with van der Waals surface area (Å²) in [5, 5.41) is 2.55. The number of aryl methyl sites for hydroxylation is 1. The zero-order chi connectivity index (χ0) is 15.6. The van der Waals surface area contributed by atoms with E-state index in [-0.39, 0.29) is 11.8 Å². The predicted octanol–water partition coefficient (Wildman–Crippen LogP) is 3.61. The number of aromatic nitrogens is 2. The zero-order valence-electron chi connectivity index (χ0n) is 11.9. The van der Waals surface area contributed by atoms with Crippen LogP contribution in [-0.4, -0.2) is 24.1 Å². The van der Waals surface area contributed by atoms with Crippen LogP contribution in [-0.2, 0) is 6.18 Å². The van der Waals surface area contributed by atoms with Crippen molar-refractivity contribution in [2.75, 3.05) is 24.3 Å². The molecular weight excluding hydrogens is 281 g/mol. The van der Waals surface area contributed by atoms with E-state index in [1.807, 2.05) is 31.2 Å². The molecule has 21 heavy (non-hydrogen) atoms. The van der Waals surface area contributed by atoms with Crippen molar-refractivity contribution >= 4 is 17.5 Å². The molecule has 2 aromatic rings. The van der Waals surface area contributed by atoms with Crippen LogP contribution in [0.15, 0.2) is 30.3 Å². The SMILES string of the molecule is CNc1nc(N(C)c2ccccc2C)cc(C(F)(F)F)n1. The highest BCUT2D eigenvalue weighted by molar-refractivity contribution is 5.63. The third-order valence-electron chi connectivity index (χ3n) is 3.05. The molecule has 0 fully saturated rings. The molecule has 2 rings (SSSR count). The Hall–Kier alpha value is -2.31. The quantitative estimate of drug-likeness (QED) is 0.939. The maximum atomic E-state index is 12.9. The van der Waals surface area contributed by atoms with Crippen molar-refractivity contribution < 1.29 is 13.2 Å². The van der Waals surface area contributed by atoms with E-state index in [0.717, 1.165) is 17.3 Å². The molecule has 0 atom stereocenters. The van der Waals surface area contributed by atoms with Gasteiger partial charge in [0.1, 0.15) is 5.82 Å². The van der Waals surface area contributed by atoms with Crippen LogP contribution >= 0.6 is 0 Å². The lowest BCUT2D eigenvalue weighted by Gasteiger charge is -2.21. The Morgan fingerprint density at radius 1 is 1.14 bits per heavy atom. The van der Waals surface area contributed by atoms with Crippen molar-refractivity contribution in [2.45, 2.75) is 13.1 Å². The van der Waals surface area contributed by atoms with Crippen molar-refractivity contribution in [2.24, 2.45) is 0 Å². The van der Waals surface area contributed by atoms with E-state index in [9.17, 15) is 13.2 Å². The fraction of sp³-hybridized carbons (Fsp3) is 0.286. The van der Waals surface area contributed by atoms with E-state index in [0.29, 0.717) is 0 Å². The molecule has 0 radical (unpaired) electrons. The predicted molar refractivity (Wildman–Crippen MR) is 75.8 cm³/mol. The number of nitrogens with one attached hydrogen (secondary N) is 1. The van der Waals surface area contributed by atoms with E-state index in [2.05, 4.69) is 15.3 Å². The van der Waals surface area contributed by atoms with Crippen LogP contribution in [0.4, 0.5) is 30.6 Å². The molecule has 112 valence electrons. The van der Waals surface area contributed by atoms with Crippen molar-refractivity contribution in [3.8, 4) is 0 Å². The van der Waals surface area contributed by atoms with Gasteiger partial charge in [-0.05, 0) is 18.6 Å². The van der Waals surface area contributed by atoms with Crippen molar-refractivity contribution in [3.63, 3.8) is 0 Å². The maximum Gasteiger partial charge on any atom is 0.433 e. The van der Waals surface area contributed by atoms with Crippen molar-refractivity contribution in [1.82, 2.24) is 9.97 Å². The van der Waals surface area contributed by atoms with Gasteiger partial charge in [0.05, 0.1) is 0 Å². The summed E-state index contributed by atoms with van der Waals surface area (Å²) in [7, 11) is 3.15. The topological polar surface area (TPSA) is 41.1 Å². The zero-order valence-corrected chi connectivity index (χ0v) is 11.9. The highest BCUT2D eigenvalue weighted by atomic mass is 19.4. The number of para-hydroxylation sites is 1. The average Bonchev–Trinajstić information content (AvgIpc) is 2.45. The molecule has 7 heteroatoms. The normalized spacial score (nSPS) is 11.3. The number of halogens is 3. The summed E-state index contributed by atoms with van der Waals surface area (Å²) in [6.07, 6.45) is -4.52. The number of hydrogen-bond donors (Lipinski definition) is 1. The van der Waals surface area contributed by atoms with Gasteiger partial charge < -0.3 is 10.2 Å². The molecule has 0 spiro atoms. The molecule has 0 bridgehead atoms. The minimum Gasteiger partial charge on any atom is -0.357 e. The van der Waals surface area contributed by atoms with Crippen LogP contribution in [0.25, 0.3) is 0 Å². The van der Waals surface area contributed by atoms with Crippen LogP contribution in [0.3, 0.4) is 0 Å². The van der Waals surface area contributed by atoms with E-state index < -0.39 is 11.9 Å². The first-order chi connectivity index (χ1) is 9.82. The summed E-state index contributed by atoms with van der Waals surface area (Å²) < 4.78 is 38.7. The molecule has 1 aromatic heterocycles. The molecule has 0 saturated heterocycles. The van der Waals surface area contributed by atoms with Crippen LogP contribution in [0.5, 0.6) is 0 Å². The number of nitrogens with zero attached hydrogens (tertiary/aromatic N) is 3. The summed E-state index contributed by atoms with van der Waals surface area (Å²) in [6, 6.07) is 8.34. The third-order valence-corrected chi connectivity index (χ3v) is 3.05. The van der Waals surface area contributed by atoms with Crippen LogP contribution in [0, 0.1) is 6.92 Å². The number of benzene rings is 1. The Bertz CT molecular complexity index is 640. The Balaban J connectivity index is 2.51. The van der Waals surface area contributed by atoms with Gasteiger partial charge in [0.2, 0.25) is 5.95 Å². The molecule has 1 heterocycles. The van der Waals surface area contributed by atoms with Crippen LogP contribution < -0.4 is 10.2 Å². The van der Waals surface area contributed by atoms with Gasteiger partial charge in [-0.3, -0.25) is 0 Å². The van der Waals surface area contributed by atoms with Gasteiger partial charge in [0.25, 0.3) is 0 Å². The molecule has 1 aromatic carbocycles. The molecular formula is C14H15F3N4. The second-order valence-corrected chi connectivity index (χ2v) is 4.53. The second kappa shape index (κ2) is 5.59. The Morgan fingerprint density at radius 3 is 2.38 bits per heavy atom. The van der Waals surface area contributed by atoms with E-state index in [1.54, 1.807) is 11.9 Å². The van der Waals surface area contributed by atoms with Crippen molar-refractivity contribution in [3.05, 3.63) is 41.6 Å². The summed E-state index contributed by atoms with van der Waals surface area (Å²) in [5.41, 5.74) is 0.752. The summed E-state index contributed by atoms with van der Waals surface area (Å²) in [5.74, 6) is 0.108. The fourth-order valence-electron chi connectivity index (χ4n) is 1.93. The summed E-state index contributed by atoms with van der Waals surface area (Å²) in [6.45, 7) is 1.89. The molecule has 0 amide bonds. The van der Waals surface area contributed by atoms with Crippen LogP contribution in [0.1, 0.15) is 11.3 Å². The van der Waals surface area contributed by atoms with Gasteiger partial charge >= 0.3 is 6.18 Å². The van der Waals surface area contributed by atoms with Gasteiger partial charge in [0, 0.05) is 25.8 Å². The smallest absolute Gasteiger partial charge is 0.357 e. The van der Waals surface area contributed by atoms with E-state index in [1.165, 1.54) is 7.05 Å². The number of hydrogen-bond acceptors (Lipinski definition) is 4.